The second-order valence-corrected chi connectivity index (χ2v) is 5.71. The van der Waals surface area contributed by atoms with Gasteiger partial charge in [-0.1, -0.05) is 0 Å². The quantitative estimate of drug-likeness (QED) is 0.825. The maximum atomic E-state index is 12.2. The molecule has 106 valence electrons. The second kappa shape index (κ2) is 5.07. The number of carboxylic acids is 1. The highest BCUT2D eigenvalue weighted by molar-refractivity contribution is 6.00. The molecular weight excluding hydrogens is 258 g/mol. The van der Waals surface area contributed by atoms with Crippen LogP contribution in [-0.2, 0) is 16.0 Å². The number of hydrogen-bond acceptors (Lipinski definition) is 3. The van der Waals surface area contributed by atoms with Crippen LogP contribution in [0.4, 0.5) is 5.69 Å². The first kappa shape index (κ1) is 14.2. The number of fused-ring (bicyclic) bond motifs is 1. The van der Waals surface area contributed by atoms with Gasteiger partial charge >= 0.3 is 5.97 Å². The third-order valence-corrected chi connectivity index (χ3v) is 3.50. The van der Waals surface area contributed by atoms with Gasteiger partial charge in [-0.15, -0.1) is 0 Å². The van der Waals surface area contributed by atoms with Crippen molar-refractivity contribution in [3.63, 3.8) is 0 Å². The summed E-state index contributed by atoms with van der Waals surface area (Å²) in [7, 11) is 0. The number of anilines is 1. The second-order valence-electron chi connectivity index (χ2n) is 5.71. The zero-order valence-corrected chi connectivity index (χ0v) is 11.5. The SMILES string of the molecule is CC(C)(CC(=O)c1ccc2c(c1)CCC(=O)N2)C(=O)O. The van der Waals surface area contributed by atoms with Crippen LogP contribution in [0.5, 0.6) is 0 Å². The average molecular weight is 275 g/mol. The molecule has 0 aliphatic carbocycles. The summed E-state index contributed by atoms with van der Waals surface area (Å²) < 4.78 is 0. The summed E-state index contributed by atoms with van der Waals surface area (Å²) in [5.74, 6) is -1.21. The highest BCUT2D eigenvalue weighted by Crippen LogP contribution is 2.27. The van der Waals surface area contributed by atoms with Crippen LogP contribution >= 0.6 is 0 Å². The van der Waals surface area contributed by atoms with Crippen LogP contribution in [0.3, 0.4) is 0 Å². The molecule has 0 spiro atoms. The van der Waals surface area contributed by atoms with Crippen LogP contribution in [0, 0.1) is 5.41 Å². The van der Waals surface area contributed by atoms with Crippen molar-refractivity contribution in [1.82, 2.24) is 0 Å². The Bertz CT molecular complexity index is 590. The van der Waals surface area contributed by atoms with E-state index in [9.17, 15) is 14.4 Å². The van der Waals surface area contributed by atoms with E-state index in [-0.39, 0.29) is 18.1 Å². The van der Waals surface area contributed by atoms with Crippen molar-refractivity contribution in [2.24, 2.45) is 5.41 Å². The molecule has 20 heavy (non-hydrogen) atoms. The van der Waals surface area contributed by atoms with E-state index >= 15 is 0 Å². The van der Waals surface area contributed by atoms with Gasteiger partial charge in [-0.25, -0.2) is 0 Å². The molecular formula is C15H17NO4. The Morgan fingerprint density at radius 1 is 1.30 bits per heavy atom. The topological polar surface area (TPSA) is 83.5 Å². The van der Waals surface area contributed by atoms with Gasteiger partial charge in [-0.05, 0) is 44.0 Å². The number of carbonyl (C=O) groups is 3. The molecule has 0 saturated carbocycles. The van der Waals surface area contributed by atoms with Crippen LogP contribution in [0.15, 0.2) is 18.2 Å². The Balaban J connectivity index is 2.20. The number of Topliss-reactive ketones (excluding diaryl/α,β-unsaturated/α-hetero) is 1. The number of aliphatic carboxylic acids is 1. The Hall–Kier alpha value is -2.17. The molecule has 1 aromatic rings. The molecule has 1 heterocycles. The minimum atomic E-state index is -1.08. The lowest BCUT2D eigenvalue weighted by Crippen LogP contribution is -2.27. The van der Waals surface area contributed by atoms with E-state index in [0.29, 0.717) is 18.4 Å². The van der Waals surface area contributed by atoms with E-state index in [4.69, 9.17) is 5.11 Å². The Labute approximate surface area is 117 Å². The van der Waals surface area contributed by atoms with E-state index in [2.05, 4.69) is 5.32 Å². The van der Waals surface area contributed by atoms with Crippen LogP contribution in [0.25, 0.3) is 0 Å². The predicted octanol–water partition coefficient (Wildman–Crippen LogP) is 2.25. The lowest BCUT2D eigenvalue weighted by molar-refractivity contribution is -0.146. The number of ketones is 1. The van der Waals surface area contributed by atoms with E-state index < -0.39 is 11.4 Å². The van der Waals surface area contributed by atoms with Gasteiger partial charge in [0.15, 0.2) is 5.78 Å². The Kier molecular flexibility index (Phi) is 3.61. The predicted molar refractivity (Wildman–Crippen MR) is 73.8 cm³/mol. The number of benzene rings is 1. The van der Waals surface area contributed by atoms with Gasteiger partial charge < -0.3 is 10.4 Å². The van der Waals surface area contributed by atoms with E-state index in [1.165, 1.54) is 13.8 Å². The van der Waals surface area contributed by atoms with Crippen molar-refractivity contribution >= 4 is 23.3 Å². The van der Waals surface area contributed by atoms with Crippen molar-refractivity contribution in [3.05, 3.63) is 29.3 Å². The lowest BCUT2D eigenvalue weighted by atomic mass is 9.85. The number of aryl methyl sites for hydroxylation is 1. The fourth-order valence-electron chi connectivity index (χ4n) is 2.14. The van der Waals surface area contributed by atoms with Crippen molar-refractivity contribution in [2.45, 2.75) is 33.1 Å². The first-order valence-corrected chi connectivity index (χ1v) is 6.49. The molecule has 5 heteroatoms. The zero-order chi connectivity index (χ0) is 14.9. The summed E-state index contributed by atoms with van der Waals surface area (Å²) in [6, 6.07) is 5.08. The molecule has 0 bridgehead atoms. The highest BCUT2D eigenvalue weighted by atomic mass is 16.4. The molecule has 0 saturated heterocycles. The van der Waals surface area contributed by atoms with Gasteiger partial charge in [-0.3, -0.25) is 14.4 Å². The highest BCUT2D eigenvalue weighted by Gasteiger charge is 2.30. The first-order chi connectivity index (χ1) is 9.29. The van der Waals surface area contributed by atoms with E-state index in [1.807, 2.05) is 0 Å². The molecule has 1 amide bonds. The summed E-state index contributed by atoms with van der Waals surface area (Å²) in [5.41, 5.74) is 1.06. The maximum Gasteiger partial charge on any atom is 0.309 e. The minimum absolute atomic E-state index is 0.0245. The van der Waals surface area contributed by atoms with Crippen LogP contribution in [-0.4, -0.2) is 22.8 Å². The number of rotatable bonds is 4. The molecule has 0 aromatic heterocycles. The molecule has 0 unspecified atom stereocenters. The monoisotopic (exact) mass is 275 g/mol. The summed E-state index contributed by atoms with van der Waals surface area (Å²) in [5, 5.41) is 11.8. The largest absolute Gasteiger partial charge is 0.481 e. The molecule has 1 aromatic carbocycles. The van der Waals surface area contributed by atoms with E-state index in [1.54, 1.807) is 18.2 Å². The van der Waals surface area contributed by atoms with Gasteiger partial charge in [0, 0.05) is 24.1 Å². The normalized spacial score (nSPS) is 14.4. The third kappa shape index (κ3) is 2.87. The summed E-state index contributed by atoms with van der Waals surface area (Å²) in [6.07, 6.45) is 0.962. The van der Waals surface area contributed by atoms with Crippen molar-refractivity contribution < 1.29 is 19.5 Å². The number of amides is 1. The van der Waals surface area contributed by atoms with Gasteiger partial charge in [0.25, 0.3) is 0 Å². The molecule has 1 aliphatic rings. The molecule has 0 atom stereocenters. The smallest absolute Gasteiger partial charge is 0.309 e. The van der Waals surface area contributed by atoms with E-state index in [0.717, 1.165) is 11.3 Å². The van der Waals surface area contributed by atoms with Crippen molar-refractivity contribution in [2.75, 3.05) is 5.32 Å². The van der Waals surface area contributed by atoms with Crippen LogP contribution < -0.4 is 5.32 Å². The number of nitrogens with one attached hydrogen (secondary N) is 1. The van der Waals surface area contributed by atoms with Crippen LogP contribution in [0.1, 0.15) is 42.6 Å². The summed E-state index contributed by atoms with van der Waals surface area (Å²) in [6.45, 7) is 3.07. The Morgan fingerprint density at radius 3 is 2.65 bits per heavy atom. The minimum Gasteiger partial charge on any atom is -0.481 e. The number of carboxylic acid groups (broad SMARTS) is 1. The van der Waals surface area contributed by atoms with Crippen molar-refractivity contribution in [3.8, 4) is 0 Å². The number of hydrogen-bond donors (Lipinski definition) is 2. The number of carbonyl (C=O) groups excluding carboxylic acids is 2. The first-order valence-electron chi connectivity index (χ1n) is 6.49. The van der Waals surface area contributed by atoms with Gasteiger partial charge in [0.2, 0.25) is 5.91 Å². The average Bonchev–Trinajstić information content (AvgIpc) is 2.37. The fourth-order valence-corrected chi connectivity index (χ4v) is 2.14. The third-order valence-electron chi connectivity index (χ3n) is 3.50. The van der Waals surface area contributed by atoms with Crippen LogP contribution in [0.2, 0.25) is 0 Å². The fraction of sp³-hybridized carbons (Fsp3) is 0.400. The summed E-state index contributed by atoms with van der Waals surface area (Å²) >= 11 is 0. The zero-order valence-electron chi connectivity index (χ0n) is 11.5. The molecule has 0 radical (unpaired) electrons. The molecule has 5 nitrogen and oxygen atoms in total. The van der Waals surface area contributed by atoms with Gasteiger partial charge in [0.1, 0.15) is 0 Å². The van der Waals surface area contributed by atoms with Gasteiger partial charge in [0.05, 0.1) is 5.41 Å². The van der Waals surface area contributed by atoms with Crippen molar-refractivity contribution in [1.29, 1.82) is 0 Å². The molecule has 0 fully saturated rings. The summed E-state index contributed by atoms with van der Waals surface area (Å²) in [4.78, 5) is 34.5. The maximum absolute atomic E-state index is 12.2. The standard InChI is InChI=1S/C15H17NO4/c1-15(2,14(19)20)8-12(17)10-3-5-11-9(7-10)4-6-13(18)16-11/h3,5,7H,4,6,8H2,1-2H3,(H,16,18)(H,19,20). The molecule has 2 N–H and O–H groups in total. The molecule has 1 aliphatic heterocycles. The van der Waals surface area contributed by atoms with Gasteiger partial charge in [-0.2, -0.15) is 0 Å². The lowest BCUT2D eigenvalue weighted by Gasteiger charge is -2.20. The molecule has 2 rings (SSSR count). The Morgan fingerprint density at radius 2 is 2.00 bits per heavy atom.